The highest BCUT2D eigenvalue weighted by Gasteiger charge is 2.45. The molecule has 3 rings (SSSR count). The average molecular weight is 257 g/mol. The van der Waals surface area contributed by atoms with Gasteiger partial charge in [0.2, 0.25) is 0 Å². The molecule has 19 heavy (non-hydrogen) atoms. The largest absolute Gasteiger partial charge is 0.313 e. The van der Waals surface area contributed by atoms with Crippen LogP contribution in [0.4, 0.5) is 0 Å². The van der Waals surface area contributed by atoms with Crippen LogP contribution in [0.3, 0.4) is 0 Å². The van der Waals surface area contributed by atoms with Crippen LogP contribution in [0.1, 0.15) is 56.6 Å². The average Bonchev–Trinajstić information content (AvgIpc) is 3.10. The molecule has 2 fully saturated rings. The second-order valence-electron chi connectivity index (χ2n) is 7.12. The molecule has 2 aliphatic rings. The number of hydrogen-bond donors (Lipinski definition) is 1. The van der Waals surface area contributed by atoms with Crippen molar-refractivity contribution >= 4 is 0 Å². The van der Waals surface area contributed by atoms with E-state index in [2.05, 4.69) is 50.4 Å². The van der Waals surface area contributed by atoms with Crippen molar-refractivity contribution in [1.29, 1.82) is 0 Å². The molecule has 2 saturated carbocycles. The highest BCUT2D eigenvalue weighted by Crippen LogP contribution is 2.51. The van der Waals surface area contributed by atoms with Crippen molar-refractivity contribution in [2.24, 2.45) is 11.3 Å². The summed E-state index contributed by atoms with van der Waals surface area (Å²) in [6, 6.07) is 9.65. The lowest BCUT2D eigenvalue weighted by molar-refractivity contribution is 0.247. The van der Waals surface area contributed by atoms with Crippen LogP contribution in [0.15, 0.2) is 24.3 Å². The summed E-state index contributed by atoms with van der Waals surface area (Å²) < 4.78 is 0. The molecule has 0 spiro atoms. The van der Waals surface area contributed by atoms with E-state index in [0.29, 0.717) is 5.41 Å². The van der Waals surface area contributed by atoms with E-state index < -0.39 is 0 Å². The minimum atomic E-state index is 0.647. The van der Waals surface area contributed by atoms with Gasteiger partial charge in [-0.2, -0.15) is 0 Å². The molecular weight excluding hydrogens is 230 g/mol. The van der Waals surface area contributed by atoms with Gasteiger partial charge < -0.3 is 5.32 Å². The molecule has 0 heterocycles. The third-order valence-electron chi connectivity index (χ3n) is 5.63. The van der Waals surface area contributed by atoms with Gasteiger partial charge in [0.1, 0.15) is 0 Å². The first kappa shape index (κ1) is 13.2. The molecule has 1 nitrogen and oxygen atoms in total. The molecule has 0 aromatic heterocycles. The Morgan fingerprint density at radius 3 is 2.47 bits per heavy atom. The number of nitrogens with one attached hydrogen (secondary N) is 1. The summed E-state index contributed by atoms with van der Waals surface area (Å²) in [5.74, 6) is 1.64. The summed E-state index contributed by atoms with van der Waals surface area (Å²) in [5, 5.41) is 3.82. The maximum absolute atomic E-state index is 3.82. The normalized spacial score (nSPS) is 28.2. The number of benzene rings is 1. The number of rotatable bonds is 5. The highest BCUT2D eigenvalue weighted by atomic mass is 15.0. The predicted octanol–water partition coefficient (Wildman–Crippen LogP) is 4.27. The molecule has 1 N–H and O–H groups in total. The molecule has 1 aromatic carbocycles. The molecule has 1 heteroatoms. The fraction of sp³-hybridized carbons (Fsp3) is 0.667. The summed E-state index contributed by atoms with van der Waals surface area (Å²) >= 11 is 0. The van der Waals surface area contributed by atoms with E-state index in [4.69, 9.17) is 0 Å². The van der Waals surface area contributed by atoms with Crippen LogP contribution in [0.25, 0.3) is 0 Å². The minimum absolute atomic E-state index is 0.647. The SMILES string of the molecule is Cc1ccccc1C1CC(NCC2(C(C)C)CC2)C1. The molecule has 0 aliphatic heterocycles. The Labute approximate surface area is 117 Å². The molecule has 0 unspecified atom stereocenters. The van der Waals surface area contributed by atoms with Crippen LogP contribution in [-0.2, 0) is 0 Å². The standard InChI is InChI=1S/C18H27N/c1-13(2)18(8-9-18)12-19-16-10-15(11-16)17-7-5-4-6-14(17)3/h4-7,13,15-16,19H,8-12H2,1-3H3. The van der Waals surface area contributed by atoms with Gasteiger partial charge in [-0.1, -0.05) is 38.1 Å². The van der Waals surface area contributed by atoms with Gasteiger partial charge in [-0.15, -0.1) is 0 Å². The van der Waals surface area contributed by atoms with Crippen LogP contribution in [0.2, 0.25) is 0 Å². The molecule has 104 valence electrons. The van der Waals surface area contributed by atoms with Crippen LogP contribution < -0.4 is 5.32 Å². The van der Waals surface area contributed by atoms with Crippen LogP contribution in [0, 0.1) is 18.3 Å². The summed E-state index contributed by atoms with van der Waals surface area (Å²) in [5.41, 5.74) is 3.69. The van der Waals surface area contributed by atoms with Gasteiger partial charge in [-0.25, -0.2) is 0 Å². The summed E-state index contributed by atoms with van der Waals surface area (Å²) in [7, 11) is 0. The topological polar surface area (TPSA) is 12.0 Å². The lowest BCUT2D eigenvalue weighted by atomic mass is 9.74. The first-order valence-corrected chi connectivity index (χ1v) is 7.90. The van der Waals surface area contributed by atoms with Crippen molar-refractivity contribution in [2.45, 2.75) is 58.4 Å². The molecule has 1 aromatic rings. The van der Waals surface area contributed by atoms with E-state index in [1.54, 1.807) is 5.56 Å². The summed E-state index contributed by atoms with van der Waals surface area (Å²) in [6.45, 7) is 8.25. The van der Waals surface area contributed by atoms with E-state index in [0.717, 1.165) is 17.9 Å². The van der Waals surface area contributed by atoms with Gasteiger partial charge in [0.15, 0.2) is 0 Å². The molecule has 0 bridgehead atoms. The first-order chi connectivity index (χ1) is 9.11. The first-order valence-electron chi connectivity index (χ1n) is 7.90. The van der Waals surface area contributed by atoms with E-state index in [9.17, 15) is 0 Å². The molecule has 0 radical (unpaired) electrons. The van der Waals surface area contributed by atoms with Crippen molar-refractivity contribution in [1.82, 2.24) is 5.32 Å². The minimum Gasteiger partial charge on any atom is -0.313 e. The molecule has 0 saturated heterocycles. The highest BCUT2D eigenvalue weighted by molar-refractivity contribution is 5.31. The van der Waals surface area contributed by atoms with Gasteiger partial charge >= 0.3 is 0 Å². The van der Waals surface area contributed by atoms with Gasteiger partial charge in [0.05, 0.1) is 0 Å². The molecule has 2 aliphatic carbocycles. The van der Waals surface area contributed by atoms with Gasteiger partial charge in [0.25, 0.3) is 0 Å². The van der Waals surface area contributed by atoms with Gasteiger partial charge in [-0.3, -0.25) is 0 Å². The summed E-state index contributed by atoms with van der Waals surface area (Å²) in [4.78, 5) is 0. The second-order valence-corrected chi connectivity index (χ2v) is 7.12. The number of aryl methyl sites for hydroxylation is 1. The Morgan fingerprint density at radius 1 is 1.21 bits per heavy atom. The smallest absolute Gasteiger partial charge is 0.00789 e. The maximum atomic E-state index is 3.82. The van der Waals surface area contributed by atoms with Gasteiger partial charge in [0, 0.05) is 12.6 Å². The quantitative estimate of drug-likeness (QED) is 0.830. The third-order valence-corrected chi connectivity index (χ3v) is 5.63. The fourth-order valence-corrected chi connectivity index (χ4v) is 3.55. The Balaban J connectivity index is 1.47. The zero-order valence-corrected chi connectivity index (χ0v) is 12.6. The monoisotopic (exact) mass is 257 g/mol. The maximum Gasteiger partial charge on any atom is 0.00789 e. The van der Waals surface area contributed by atoms with Crippen molar-refractivity contribution < 1.29 is 0 Å². The summed E-state index contributed by atoms with van der Waals surface area (Å²) in [6.07, 6.45) is 5.54. The van der Waals surface area contributed by atoms with Crippen molar-refractivity contribution in [2.75, 3.05) is 6.54 Å². The van der Waals surface area contributed by atoms with Crippen LogP contribution >= 0.6 is 0 Å². The van der Waals surface area contributed by atoms with Crippen molar-refractivity contribution in [3.63, 3.8) is 0 Å². The van der Waals surface area contributed by atoms with Crippen molar-refractivity contribution in [3.8, 4) is 0 Å². The lowest BCUT2D eigenvalue weighted by Crippen LogP contribution is -2.43. The van der Waals surface area contributed by atoms with E-state index in [1.807, 2.05) is 0 Å². The van der Waals surface area contributed by atoms with Gasteiger partial charge in [-0.05, 0) is 61.0 Å². The fourth-order valence-electron chi connectivity index (χ4n) is 3.55. The Morgan fingerprint density at radius 2 is 1.89 bits per heavy atom. The number of hydrogen-bond acceptors (Lipinski definition) is 1. The zero-order chi connectivity index (χ0) is 13.5. The lowest BCUT2D eigenvalue weighted by Gasteiger charge is -2.38. The molecular formula is C18H27N. The van der Waals surface area contributed by atoms with Crippen molar-refractivity contribution in [3.05, 3.63) is 35.4 Å². The third kappa shape index (κ3) is 2.58. The van der Waals surface area contributed by atoms with Crippen LogP contribution in [-0.4, -0.2) is 12.6 Å². The molecule has 0 amide bonds. The zero-order valence-electron chi connectivity index (χ0n) is 12.6. The Kier molecular flexibility index (Phi) is 3.42. The Hall–Kier alpha value is -0.820. The Bertz CT molecular complexity index is 439. The van der Waals surface area contributed by atoms with E-state index in [-0.39, 0.29) is 0 Å². The van der Waals surface area contributed by atoms with E-state index >= 15 is 0 Å². The van der Waals surface area contributed by atoms with E-state index in [1.165, 1.54) is 37.8 Å². The predicted molar refractivity (Wildman–Crippen MR) is 81.4 cm³/mol. The molecule has 0 atom stereocenters. The van der Waals surface area contributed by atoms with Crippen LogP contribution in [0.5, 0.6) is 0 Å². The second kappa shape index (κ2) is 4.94.